The lowest BCUT2D eigenvalue weighted by Crippen LogP contribution is -2.38. The second-order valence-corrected chi connectivity index (χ2v) is 11.8. The van der Waals surface area contributed by atoms with Crippen molar-refractivity contribution >= 4 is 105 Å². The first-order chi connectivity index (χ1) is 24.0. The number of nitro groups is 2. The van der Waals surface area contributed by atoms with Crippen molar-refractivity contribution in [1.82, 2.24) is 20.0 Å². The summed E-state index contributed by atoms with van der Waals surface area (Å²) in [5.41, 5.74) is 3.64. The van der Waals surface area contributed by atoms with Crippen molar-refractivity contribution in [3.8, 4) is 0 Å². The Kier molecular flexibility index (Phi) is 9.74. The van der Waals surface area contributed by atoms with Gasteiger partial charge in [-0.1, -0.05) is 107 Å². The molecule has 0 unspecified atom stereocenters. The highest BCUT2D eigenvalue weighted by atomic mass is 35.5. The molecule has 0 radical (unpaired) electrons. The highest BCUT2D eigenvalue weighted by Crippen LogP contribution is 2.38. The molecule has 0 fully saturated rings. The van der Waals surface area contributed by atoms with E-state index < -0.39 is 15.8 Å². The fourth-order valence-corrected chi connectivity index (χ4v) is 5.68. The highest BCUT2D eigenvalue weighted by molar-refractivity contribution is 6.40. The predicted octanol–water partition coefficient (Wildman–Crippen LogP) is 8.45. The van der Waals surface area contributed by atoms with Crippen molar-refractivity contribution in [2.45, 2.75) is 0 Å². The number of carbonyl (C=O) groups is 1. The van der Waals surface area contributed by atoms with E-state index in [2.05, 4.69) is 36.0 Å². The first kappa shape index (κ1) is 34.0. The number of hydrogen-bond acceptors (Lipinski definition) is 12. The number of benzene rings is 4. The summed E-state index contributed by atoms with van der Waals surface area (Å²) >= 11 is 25.3. The number of hydrogen-bond donors (Lipinski definition) is 3. The van der Waals surface area contributed by atoms with E-state index in [4.69, 9.17) is 46.4 Å². The standard InChI is InChI=1S/C31H18Cl4N10O5/c32-20-12-18(44(47)48)13-21(33)25(20)37-29-39-30(38-26-22(34)14-19(45(49)50)15-23(26)35)41-31(40-29)42-43-27(17-9-5-2-6-10-17)36-24(28(43)46)11-16-7-3-1-4-8-16/h1-15H,(H3,37,38,39,40,41,42)/b24-11+. The summed E-state index contributed by atoms with van der Waals surface area (Å²) in [6, 6.07) is 22.3. The number of nitrogens with one attached hydrogen (secondary N) is 3. The average Bonchev–Trinajstić information content (AvgIpc) is 3.38. The van der Waals surface area contributed by atoms with Gasteiger partial charge in [-0.25, -0.2) is 4.99 Å². The van der Waals surface area contributed by atoms with E-state index in [-0.39, 0.29) is 72.2 Å². The molecule has 0 saturated carbocycles. The summed E-state index contributed by atoms with van der Waals surface area (Å²) in [5, 5.41) is 28.9. The summed E-state index contributed by atoms with van der Waals surface area (Å²) in [6.07, 6.45) is 1.62. The molecule has 19 heteroatoms. The normalized spacial score (nSPS) is 13.3. The third kappa shape index (κ3) is 7.40. The van der Waals surface area contributed by atoms with Crippen LogP contribution in [0.5, 0.6) is 0 Å². The molecule has 5 aromatic rings. The topological polar surface area (TPSA) is 194 Å². The van der Waals surface area contributed by atoms with E-state index in [0.717, 1.165) is 34.8 Å². The van der Waals surface area contributed by atoms with Crippen molar-refractivity contribution in [2.75, 3.05) is 16.1 Å². The summed E-state index contributed by atoms with van der Waals surface area (Å²) in [6.45, 7) is 0. The van der Waals surface area contributed by atoms with E-state index in [1.54, 1.807) is 30.3 Å². The minimum absolute atomic E-state index is 0.0188. The van der Waals surface area contributed by atoms with Crippen LogP contribution in [-0.2, 0) is 4.79 Å². The van der Waals surface area contributed by atoms with E-state index in [0.29, 0.717) is 5.56 Å². The maximum Gasteiger partial charge on any atom is 0.297 e. The van der Waals surface area contributed by atoms with Gasteiger partial charge < -0.3 is 10.6 Å². The molecule has 1 aliphatic rings. The molecular formula is C31H18Cl4N10O5. The monoisotopic (exact) mass is 750 g/mol. The SMILES string of the molecule is O=C1/C(=C\c2ccccc2)N=C(c2ccccc2)N1Nc1nc(Nc2c(Cl)cc([N+](=O)[O-])cc2Cl)nc(Nc2c(Cl)cc([N+](=O)[O-])cc2Cl)n1. The van der Waals surface area contributed by atoms with Crippen LogP contribution in [-0.4, -0.2) is 41.6 Å². The quantitative estimate of drug-likeness (QED) is 0.0704. The van der Waals surface area contributed by atoms with Crippen molar-refractivity contribution in [3.63, 3.8) is 0 Å². The molecule has 50 heavy (non-hydrogen) atoms. The summed E-state index contributed by atoms with van der Waals surface area (Å²) < 4.78 is 0. The molecule has 0 spiro atoms. The Hall–Kier alpha value is -5.87. The van der Waals surface area contributed by atoms with Crippen molar-refractivity contribution in [2.24, 2.45) is 4.99 Å². The smallest absolute Gasteiger partial charge is 0.297 e. The van der Waals surface area contributed by atoms with Gasteiger partial charge in [0.15, 0.2) is 5.84 Å². The molecule has 0 saturated heterocycles. The Balaban J connectivity index is 1.42. The lowest BCUT2D eigenvalue weighted by molar-refractivity contribution is -0.385. The summed E-state index contributed by atoms with van der Waals surface area (Å²) in [7, 11) is 0. The molecule has 4 aromatic carbocycles. The number of amidine groups is 1. The summed E-state index contributed by atoms with van der Waals surface area (Å²) in [4.78, 5) is 52.7. The molecule has 0 atom stereocenters. The van der Waals surface area contributed by atoms with Crippen molar-refractivity contribution in [3.05, 3.63) is 142 Å². The van der Waals surface area contributed by atoms with Crippen LogP contribution in [0.4, 0.5) is 40.6 Å². The van der Waals surface area contributed by atoms with Gasteiger partial charge in [-0.05, 0) is 11.6 Å². The first-order valence-corrected chi connectivity index (χ1v) is 15.6. The van der Waals surface area contributed by atoms with Gasteiger partial charge in [-0.3, -0.25) is 30.4 Å². The molecule has 1 aromatic heterocycles. The zero-order valence-electron chi connectivity index (χ0n) is 24.8. The molecule has 250 valence electrons. The molecule has 0 bridgehead atoms. The summed E-state index contributed by atoms with van der Waals surface area (Å²) in [5.74, 6) is -0.945. The van der Waals surface area contributed by atoms with E-state index >= 15 is 0 Å². The molecule has 6 rings (SSSR count). The van der Waals surface area contributed by atoms with Gasteiger partial charge in [-0.2, -0.15) is 20.0 Å². The van der Waals surface area contributed by atoms with Crippen LogP contribution in [0, 0.1) is 20.2 Å². The largest absolute Gasteiger partial charge is 0.321 e. The molecule has 0 aliphatic carbocycles. The number of carbonyl (C=O) groups excluding carboxylic acids is 1. The fraction of sp³-hybridized carbons (Fsp3) is 0. The Labute approximate surface area is 301 Å². The van der Waals surface area contributed by atoms with Gasteiger partial charge in [0.05, 0.1) is 41.3 Å². The van der Waals surface area contributed by atoms with Gasteiger partial charge in [0.1, 0.15) is 5.70 Å². The van der Waals surface area contributed by atoms with Crippen molar-refractivity contribution < 1.29 is 14.6 Å². The Morgan fingerprint density at radius 2 is 1.10 bits per heavy atom. The van der Waals surface area contributed by atoms with Crippen LogP contribution in [0.3, 0.4) is 0 Å². The van der Waals surface area contributed by atoms with Gasteiger partial charge >= 0.3 is 0 Å². The van der Waals surface area contributed by atoms with E-state index in [1.165, 1.54) is 0 Å². The van der Waals surface area contributed by atoms with Crippen LogP contribution < -0.4 is 16.1 Å². The van der Waals surface area contributed by atoms with Gasteiger partial charge in [0.25, 0.3) is 17.3 Å². The van der Waals surface area contributed by atoms with Crippen LogP contribution >= 0.6 is 46.4 Å². The second-order valence-electron chi connectivity index (χ2n) is 10.1. The number of aromatic nitrogens is 3. The lowest BCUT2D eigenvalue weighted by Gasteiger charge is -2.20. The number of anilines is 5. The lowest BCUT2D eigenvalue weighted by atomic mass is 10.2. The van der Waals surface area contributed by atoms with E-state index in [1.807, 2.05) is 36.4 Å². The van der Waals surface area contributed by atoms with Crippen molar-refractivity contribution in [1.29, 1.82) is 0 Å². The third-order valence-corrected chi connectivity index (χ3v) is 7.98. The molecule has 15 nitrogen and oxygen atoms in total. The second kappa shape index (κ2) is 14.3. The van der Waals surface area contributed by atoms with Crippen LogP contribution in [0.2, 0.25) is 20.1 Å². The molecule has 1 aliphatic heterocycles. The maximum atomic E-state index is 13.8. The first-order valence-electron chi connectivity index (χ1n) is 14.1. The number of non-ortho nitro benzene ring substituents is 2. The number of hydrazine groups is 1. The number of aliphatic imine (C=N–C) groups is 1. The van der Waals surface area contributed by atoms with Crippen LogP contribution in [0.15, 0.2) is 95.6 Å². The fourth-order valence-electron chi connectivity index (χ4n) is 4.54. The number of nitro benzene ring substituents is 2. The van der Waals surface area contributed by atoms with Crippen LogP contribution in [0.1, 0.15) is 11.1 Å². The highest BCUT2D eigenvalue weighted by Gasteiger charge is 2.32. The molecule has 3 N–H and O–H groups in total. The number of halogens is 4. The molecular weight excluding hydrogens is 734 g/mol. The zero-order chi connectivity index (χ0) is 35.5. The minimum atomic E-state index is -0.661. The maximum absolute atomic E-state index is 13.8. The Bertz CT molecular complexity index is 2100. The molecule has 1 amide bonds. The number of rotatable bonds is 10. The van der Waals surface area contributed by atoms with Gasteiger partial charge in [-0.15, -0.1) is 0 Å². The van der Waals surface area contributed by atoms with Gasteiger partial charge in [0, 0.05) is 29.8 Å². The Morgan fingerprint density at radius 3 is 1.56 bits per heavy atom. The number of amides is 1. The van der Waals surface area contributed by atoms with Crippen LogP contribution in [0.25, 0.3) is 6.08 Å². The number of nitrogens with zero attached hydrogens (tertiary/aromatic N) is 7. The average molecular weight is 752 g/mol. The van der Waals surface area contributed by atoms with Gasteiger partial charge in [0.2, 0.25) is 17.8 Å². The minimum Gasteiger partial charge on any atom is -0.321 e. The third-order valence-electron chi connectivity index (χ3n) is 6.79. The zero-order valence-corrected chi connectivity index (χ0v) is 27.9. The van der Waals surface area contributed by atoms with E-state index in [9.17, 15) is 25.0 Å². The Morgan fingerprint density at radius 1 is 0.660 bits per heavy atom. The molecule has 2 heterocycles. The predicted molar refractivity (Wildman–Crippen MR) is 190 cm³/mol.